The Labute approximate surface area is 129 Å². The minimum atomic E-state index is 0.433. The Morgan fingerprint density at radius 2 is 1.85 bits per heavy atom. The number of hydrogen-bond acceptors (Lipinski definition) is 3. The van der Waals surface area contributed by atoms with Gasteiger partial charge in [0, 0.05) is 17.2 Å². The van der Waals surface area contributed by atoms with Gasteiger partial charge in [0.25, 0.3) is 0 Å². The molecular formula is C15H19Cl2NO2. The Morgan fingerprint density at radius 1 is 1.20 bits per heavy atom. The van der Waals surface area contributed by atoms with Gasteiger partial charge in [-0.2, -0.15) is 0 Å². The molecule has 0 saturated carbocycles. The molecule has 0 atom stereocenters. The maximum atomic E-state index is 6.16. The number of piperidine rings is 1. The second-order valence-electron chi connectivity index (χ2n) is 4.80. The summed E-state index contributed by atoms with van der Waals surface area (Å²) in [6, 6.07) is 3.61. The van der Waals surface area contributed by atoms with Gasteiger partial charge in [0.2, 0.25) is 0 Å². The molecule has 1 aliphatic rings. The van der Waals surface area contributed by atoms with Crippen LogP contribution in [0.1, 0.15) is 18.4 Å². The Bertz CT molecular complexity index is 497. The number of methoxy groups -OCH3 is 2. The molecule has 20 heavy (non-hydrogen) atoms. The lowest BCUT2D eigenvalue weighted by molar-refractivity contribution is 0.332. The van der Waals surface area contributed by atoms with Crippen LogP contribution in [0, 0.1) is 5.92 Å². The molecule has 1 aromatic carbocycles. The average molecular weight is 316 g/mol. The third kappa shape index (κ3) is 3.40. The van der Waals surface area contributed by atoms with Crippen molar-refractivity contribution in [3.05, 3.63) is 34.0 Å². The first-order chi connectivity index (χ1) is 9.67. The Morgan fingerprint density at radius 3 is 2.45 bits per heavy atom. The predicted molar refractivity (Wildman–Crippen MR) is 83.6 cm³/mol. The van der Waals surface area contributed by atoms with Crippen LogP contribution in [-0.4, -0.2) is 27.3 Å². The summed E-state index contributed by atoms with van der Waals surface area (Å²) in [6.45, 7) is 2.02. The van der Waals surface area contributed by atoms with E-state index in [0.717, 1.165) is 42.8 Å². The number of hydrogen-bond donors (Lipinski definition) is 1. The van der Waals surface area contributed by atoms with Crippen molar-refractivity contribution in [3.8, 4) is 5.75 Å². The predicted octanol–water partition coefficient (Wildman–Crippen LogP) is 3.99. The second kappa shape index (κ2) is 7.21. The number of ether oxygens (including phenoxy) is 2. The summed E-state index contributed by atoms with van der Waals surface area (Å²) in [6.07, 6.45) is 3.93. The summed E-state index contributed by atoms with van der Waals surface area (Å²) in [5, 5.41) is 4.39. The van der Waals surface area contributed by atoms with Crippen LogP contribution < -0.4 is 10.1 Å². The van der Waals surface area contributed by atoms with Crippen LogP contribution in [0.5, 0.6) is 5.75 Å². The topological polar surface area (TPSA) is 30.5 Å². The Hall–Kier alpha value is -0.900. The number of allylic oxidation sites excluding steroid dienone is 1. The van der Waals surface area contributed by atoms with Gasteiger partial charge in [-0.3, -0.25) is 0 Å². The van der Waals surface area contributed by atoms with Gasteiger partial charge in [0.15, 0.2) is 0 Å². The van der Waals surface area contributed by atoms with Crippen molar-refractivity contribution in [2.24, 2.45) is 5.92 Å². The maximum absolute atomic E-state index is 6.16. The molecule has 0 aliphatic carbocycles. The van der Waals surface area contributed by atoms with Crippen molar-refractivity contribution < 1.29 is 9.47 Å². The van der Waals surface area contributed by atoms with Crippen molar-refractivity contribution in [3.63, 3.8) is 0 Å². The highest BCUT2D eigenvalue weighted by Crippen LogP contribution is 2.39. The van der Waals surface area contributed by atoms with E-state index >= 15 is 0 Å². The van der Waals surface area contributed by atoms with Crippen molar-refractivity contribution >= 4 is 28.8 Å². The van der Waals surface area contributed by atoms with Crippen molar-refractivity contribution in [1.82, 2.24) is 5.32 Å². The lowest BCUT2D eigenvalue weighted by Gasteiger charge is -2.26. The molecule has 0 unspecified atom stereocenters. The number of nitrogens with one attached hydrogen (secondary N) is 1. The molecule has 3 nitrogen and oxygen atoms in total. The van der Waals surface area contributed by atoms with Crippen LogP contribution in [0.15, 0.2) is 18.4 Å². The molecule has 1 saturated heterocycles. The van der Waals surface area contributed by atoms with Crippen LogP contribution >= 0.6 is 23.2 Å². The summed E-state index contributed by atoms with van der Waals surface area (Å²) < 4.78 is 10.7. The monoisotopic (exact) mass is 315 g/mol. The van der Waals surface area contributed by atoms with Gasteiger partial charge in [-0.1, -0.05) is 23.2 Å². The number of benzene rings is 1. The van der Waals surface area contributed by atoms with Gasteiger partial charge in [-0.05, 0) is 37.9 Å². The molecule has 1 heterocycles. The maximum Gasteiger partial charge on any atom is 0.128 e. The van der Waals surface area contributed by atoms with E-state index in [-0.39, 0.29) is 0 Å². The fraction of sp³-hybridized carbons (Fsp3) is 0.467. The zero-order valence-electron chi connectivity index (χ0n) is 11.7. The Kier molecular flexibility index (Phi) is 5.58. The van der Waals surface area contributed by atoms with Gasteiger partial charge in [-0.25, -0.2) is 0 Å². The molecule has 2 rings (SSSR count). The van der Waals surface area contributed by atoms with Crippen LogP contribution in [0.25, 0.3) is 5.57 Å². The standard InChI is InChI=1S/C15H19Cl2NO2/c1-19-9-12(10-3-5-18-6-4-10)11-7-13(16)14(17)8-15(11)20-2/h7-10,18H,3-6H2,1-2H3/b12-9+. The van der Waals surface area contributed by atoms with E-state index in [0.29, 0.717) is 16.0 Å². The summed E-state index contributed by atoms with van der Waals surface area (Å²) >= 11 is 12.2. The molecular weight excluding hydrogens is 297 g/mol. The molecule has 1 N–H and O–H groups in total. The van der Waals surface area contributed by atoms with Crippen LogP contribution in [0.3, 0.4) is 0 Å². The zero-order valence-corrected chi connectivity index (χ0v) is 13.2. The smallest absolute Gasteiger partial charge is 0.128 e. The van der Waals surface area contributed by atoms with Crippen molar-refractivity contribution in [1.29, 1.82) is 0 Å². The molecule has 1 aromatic rings. The van der Waals surface area contributed by atoms with E-state index in [2.05, 4.69) is 5.32 Å². The highest BCUT2D eigenvalue weighted by molar-refractivity contribution is 6.42. The van der Waals surface area contributed by atoms with Gasteiger partial charge < -0.3 is 14.8 Å². The van der Waals surface area contributed by atoms with E-state index in [9.17, 15) is 0 Å². The fourth-order valence-corrected chi connectivity index (χ4v) is 2.88. The quantitative estimate of drug-likeness (QED) is 0.852. The minimum absolute atomic E-state index is 0.433. The first-order valence-electron chi connectivity index (χ1n) is 6.64. The molecule has 0 bridgehead atoms. The SMILES string of the molecule is CO/C=C(/c1cc(Cl)c(Cl)cc1OC)C1CCNCC1. The van der Waals surface area contributed by atoms with E-state index in [1.807, 2.05) is 6.07 Å². The highest BCUT2D eigenvalue weighted by atomic mass is 35.5. The van der Waals surface area contributed by atoms with Crippen LogP contribution in [0.2, 0.25) is 10.0 Å². The lowest BCUT2D eigenvalue weighted by atomic mass is 9.86. The first-order valence-corrected chi connectivity index (χ1v) is 7.40. The minimum Gasteiger partial charge on any atom is -0.504 e. The van der Waals surface area contributed by atoms with Crippen LogP contribution in [-0.2, 0) is 4.74 Å². The summed E-state index contributed by atoms with van der Waals surface area (Å²) in [7, 11) is 3.29. The molecule has 0 radical (unpaired) electrons. The van der Waals surface area contributed by atoms with Crippen LogP contribution in [0.4, 0.5) is 0 Å². The molecule has 0 amide bonds. The summed E-state index contributed by atoms with van der Waals surface area (Å²) in [4.78, 5) is 0. The molecule has 110 valence electrons. The third-order valence-corrected chi connectivity index (χ3v) is 4.30. The first kappa shape index (κ1) is 15.5. The van der Waals surface area contributed by atoms with E-state index in [1.165, 1.54) is 0 Å². The van der Waals surface area contributed by atoms with E-state index in [4.69, 9.17) is 32.7 Å². The number of rotatable bonds is 4. The van der Waals surface area contributed by atoms with E-state index in [1.54, 1.807) is 26.5 Å². The lowest BCUT2D eigenvalue weighted by Crippen LogP contribution is -2.28. The highest BCUT2D eigenvalue weighted by Gasteiger charge is 2.23. The molecule has 1 fully saturated rings. The zero-order chi connectivity index (χ0) is 14.5. The second-order valence-corrected chi connectivity index (χ2v) is 5.61. The van der Waals surface area contributed by atoms with Gasteiger partial charge in [0.05, 0.1) is 30.5 Å². The average Bonchev–Trinajstić information content (AvgIpc) is 2.48. The number of halogens is 2. The normalized spacial score (nSPS) is 17.1. The molecule has 1 aliphatic heterocycles. The largest absolute Gasteiger partial charge is 0.504 e. The van der Waals surface area contributed by atoms with Gasteiger partial charge >= 0.3 is 0 Å². The van der Waals surface area contributed by atoms with E-state index < -0.39 is 0 Å². The fourth-order valence-electron chi connectivity index (χ4n) is 2.56. The molecule has 5 heteroatoms. The summed E-state index contributed by atoms with van der Waals surface area (Å²) in [5.41, 5.74) is 2.07. The Balaban J connectivity index is 2.43. The summed E-state index contributed by atoms with van der Waals surface area (Å²) in [5.74, 6) is 1.16. The molecule has 0 aromatic heterocycles. The molecule has 0 spiro atoms. The van der Waals surface area contributed by atoms with Crippen molar-refractivity contribution in [2.45, 2.75) is 12.8 Å². The van der Waals surface area contributed by atoms with Gasteiger partial charge in [0.1, 0.15) is 5.75 Å². The van der Waals surface area contributed by atoms with Crippen molar-refractivity contribution in [2.75, 3.05) is 27.3 Å². The third-order valence-electron chi connectivity index (χ3n) is 3.58. The van der Waals surface area contributed by atoms with Gasteiger partial charge in [-0.15, -0.1) is 0 Å².